The lowest BCUT2D eigenvalue weighted by atomic mass is 10.0. The summed E-state index contributed by atoms with van der Waals surface area (Å²) in [6.45, 7) is 10.3. The maximum absolute atomic E-state index is 4.24. The average Bonchev–Trinajstić information content (AvgIpc) is 2.90. The number of aromatic nitrogens is 3. The smallest absolute Gasteiger partial charge is 0.0725 e. The molecule has 0 spiro atoms. The number of rotatable bonds is 12. The van der Waals surface area contributed by atoms with Crippen LogP contribution in [0.2, 0.25) is 0 Å². The van der Waals surface area contributed by atoms with Crippen molar-refractivity contribution in [1.29, 1.82) is 0 Å². The summed E-state index contributed by atoms with van der Waals surface area (Å²) in [7, 11) is 0. The van der Waals surface area contributed by atoms with Crippen molar-refractivity contribution in [3.05, 3.63) is 11.9 Å². The first-order chi connectivity index (χ1) is 10.1. The molecule has 1 heterocycles. The summed E-state index contributed by atoms with van der Waals surface area (Å²) in [5.74, 6) is 1.66. The molecule has 0 radical (unpaired) electrons. The van der Waals surface area contributed by atoms with Gasteiger partial charge in [0.15, 0.2) is 0 Å². The van der Waals surface area contributed by atoms with Gasteiger partial charge in [0, 0.05) is 6.54 Å². The monoisotopic (exact) mass is 293 g/mol. The van der Waals surface area contributed by atoms with Crippen molar-refractivity contribution < 1.29 is 0 Å². The normalized spacial score (nSPS) is 13.0. The van der Waals surface area contributed by atoms with E-state index in [9.17, 15) is 0 Å². The van der Waals surface area contributed by atoms with Gasteiger partial charge in [-0.05, 0) is 31.1 Å². The van der Waals surface area contributed by atoms with Gasteiger partial charge >= 0.3 is 0 Å². The fourth-order valence-corrected chi connectivity index (χ4v) is 2.60. The van der Waals surface area contributed by atoms with Crippen LogP contribution < -0.4 is 0 Å². The molecule has 0 saturated heterocycles. The standard InChI is InChI=1S/C18H35N3/c1-5-17(4)12-13-18-15-19-20-21(18)14-10-8-6-7-9-11-16(2)3/h15-17H,5-14H2,1-4H3. The molecule has 1 rings (SSSR count). The number of hydrogen-bond acceptors (Lipinski definition) is 2. The second-order valence-corrected chi connectivity index (χ2v) is 6.95. The Bertz CT molecular complexity index is 357. The Hall–Kier alpha value is -0.860. The highest BCUT2D eigenvalue weighted by Crippen LogP contribution is 2.13. The summed E-state index contributed by atoms with van der Waals surface area (Å²) in [6, 6.07) is 0. The maximum atomic E-state index is 4.24. The largest absolute Gasteiger partial charge is 0.249 e. The van der Waals surface area contributed by atoms with E-state index in [1.165, 1.54) is 57.1 Å². The average molecular weight is 293 g/mol. The van der Waals surface area contributed by atoms with Crippen LogP contribution in [0, 0.1) is 11.8 Å². The van der Waals surface area contributed by atoms with Gasteiger partial charge in [0.2, 0.25) is 0 Å². The van der Waals surface area contributed by atoms with Gasteiger partial charge < -0.3 is 0 Å². The molecule has 1 aromatic rings. The predicted molar refractivity (Wildman–Crippen MR) is 90.3 cm³/mol. The van der Waals surface area contributed by atoms with E-state index in [4.69, 9.17) is 0 Å². The van der Waals surface area contributed by atoms with Crippen LogP contribution in [0.3, 0.4) is 0 Å². The zero-order valence-electron chi connectivity index (χ0n) is 14.6. The molecule has 1 atom stereocenters. The van der Waals surface area contributed by atoms with E-state index in [-0.39, 0.29) is 0 Å². The molecular weight excluding hydrogens is 258 g/mol. The number of hydrogen-bond donors (Lipinski definition) is 0. The van der Waals surface area contributed by atoms with Crippen LogP contribution in [-0.2, 0) is 13.0 Å². The molecule has 1 unspecified atom stereocenters. The third-order valence-corrected chi connectivity index (χ3v) is 4.44. The van der Waals surface area contributed by atoms with Crippen LogP contribution in [0.1, 0.15) is 84.8 Å². The van der Waals surface area contributed by atoms with Gasteiger partial charge in [-0.2, -0.15) is 0 Å². The molecular formula is C18H35N3. The van der Waals surface area contributed by atoms with Crippen LogP contribution in [0.5, 0.6) is 0 Å². The molecule has 0 aliphatic carbocycles. The van der Waals surface area contributed by atoms with Gasteiger partial charge in [0.1, 0.15) is 0 Å². The Morgan fingerprint density at radius 1 is 1.00 bits per heavy atom. The Morgan fingerprint density at radius 3 is 2.43 bits per heavy atom. The van der Waals surface area contributed by atoms with E-state index in [2.05, 4.69) is 42.7 Å². The molecule has 1 aromatic heterocycles. The molecule has 0 saturated carbocycles. The molecule has 0 N–H and O–H groups in total. The van der Waals surface area contributed by atoms with Gasteiger partial charge in [0.05, 0.1) is 11.9 Å². The van der Waals surface area contributed by atoms with Gasteiger partial charge in [-0.15, -0.1) is 5.10 Å². The maximum Gasteiger partial charge on any atom is 0.0725 e. The zero-order valence-corrected chi connectivity index (χ0v) is 14.6. The van der Waals surface area contributed by atoms with Crippen molar-refractivity contribution in [2.75, 3.05) is 0 Å². The minimum absolute atomic E-state index is 0.800. The third-order valence-electron chi connectivity index (χ3n) is 4.44. The highest BCUT2D eigenvalue weighted by molar-refractivity contribution is 4.94. The number of aryl methyl sites for hydroxylation is 2. The van der Waals surface area contributed by atoms with Crippen LogP contribution in [0.15, 0.2) is 6.20 Å². The fraction of sp³-hybridized carbons (Fsp3) is 0.889. The van der Waals surface area contributed by atoms with Crippen molar-refractivity contribution in [3.63, 3.8) is 0 Å². The molecule has 0 amide bonds. The quantitative estimate of drug-likeness (QED) is 0.492. The summed E-state index contributed by atoms with van der Waals surface area (Å²) in [5, 5.41) is 8.33. The Kier molecular flexibility index (Phi) is 9.36. The molecule has 0 aliphatic heterocycles. The van der Waals surface area contributed by atoms with E-state index in [1.807, 2.05) is 6.20 Å². The molecule has 3 nitrogen and oxygen atoms in total. The van der Waals surface area contributed by atoms with Crippen molar-refractivity contribution in [1.82, 2.24) is 15.0 Å². The summed E-state index contributed by atoms with van der Waals surface area (Å²) in [6.07, 6.45) is 13.7. The Morgan fingerprint density at radius 2 is 1.71 bits per heavy atom. The second kappa shape index (κ2) is 10.8. The van der Waals surface area contributed by atoms with Crippen molar-refractivity contribution in [2.24, 2.45) is 11.8 Å². The molecule has 3 heteroatoms. The fourth-order valence-electron chi connectivity index (χ4n) is 2.60. The van der Waals surface area contributed by atoms with Crippen LogP contribution in [0.4, 0.5) is 0 Å². The van der Waals surface area contributed by atoms with Crippen LogP contribution in [0.25, 0.3) is 0 Å². The van der Waals surface area contributed by atoms with Crippen molar-refractivity contribution in [2.45, 2.75) is 92.0 Å². The Labute approximate surface area is 131 Å². The lowest BCUT2D eigenvalue weighted by molar-refractivity contribution is 0.468. The lowest BCUT2D eigenvalue weighted by Crippen LogP contribution is -2.07. The van der Waals surface area contributed by atoms with Gasteiger partial charge in [-0.3, -0.25) is 0 Å². The topological polar surface area (TPSA) is 30.7 Å². The third kappa shape index (κ3) is 8.23. The van der Waals surface area contributed by atoms with Crippen LogP contribution >= 0.6 is 0 Å². The first-order valence-electron chi connectivity index (χ1n) is 9.00. The highest BCUT2D eigenvalue weighted by atomic mass is 15.4. The molecule has 0 aliphatic rings. The second-order valence-electron chi connectivity index (χ2n) is 6.95. The highest BCUT2D eigenvalue weighted by Gasteiger charge is 2.06. The molecule has 0 fully saturated rings. The SMILES string of the molecule is CCC(C)CCc1cnnn1CCCCCCCC(C)C. The van der Waals surface area contributed by atoms with E-state index < -0.39 is 0 Å². The van der Waals surface area contributed by atoms with Crippen molar-refractivity contribution in [3.8, 4) is 0 Å². The number of nitrogens with zero attached hydrogens (tertiary/aromatic N) is 3. The molecule has 0 aromatic carbocycles. The summed E-state index contributed by atoms with van der Waals surface area (Å²) in [5.41, 5.74) is 1.31. The first kappa shape index (κ1) is 18.2. The van der Waals surface area contributed by atoms with E-state index >= 15 is 0 Å². The molecule has 122 valence electrons. The van der Waals surface area contributed by atoms with Gasteiger partial charge in [0.25, 0.3) is 0 Å². The molecule has 21 heavy (non-hydrogen) atoms. The summed E-state index contributed by atoms with van der Waals surface area (Å²) >= 11 is 0. The van der Waals surface area contributed by atoms with E-state index in [0.717, 1.165) is 24.8 Å². The molecule has 0 bridgehead atoms. The first-order valence-corrected chi connectivity index (χ1v) is 9.00. The van der Waals surface area contributed by atoms with Crippen molar-refractivity contribution >= 4 is 0 Å². The lowest BCUT2D eigenvalue weighted by Gasteiger charge is -2.09. The van der Waals surface area contributed by atoms with E-state index in [0.29, 0.717) is 0 Å². The minimum atomic E-state index is 0.800. The van der Waals surface area contributed by atoms with Gasteiger partial charge in [-0.1, -0.05) is 71.4 Å². The van der Waals surface area contributed by atoms with Crippen LogP contribution in [-0.4, -0.2) is 15.0 Å². The summed E-state index contributed by atoms with van der Waals surface area (Å²) in [4.78, 5) is 0. The zero-order chi connectivity index (χ0) is 15.5. The Balaban J connectivity index is 2.13. The number of unbranched alkanes of at least 4 members (excludes halogenated alkanes) is 4. The minimum Gasteiger partial charge on any atom is -0.249 e. The summed E-state index contributed by atoms with van der Waals surface area (Å²) < 4.78 is 2.12. The van der Waals surface area contributed by atoms with E-state index in [1.54, 1.807) is 0 Å². The van der Waals surface area contributed by atoms with Gasteiger partial charge in [-0.25, -0.2) is 4.68 Å². The predicted octanol–water partition coefficient (Wildman–Crippen LogP) is 5.25.